The molecule has 1 aromatic carbocycles. The van der Waals surface area contributed by atoms with Gasteiger partial charge in [-0.15, -0.1) is 0 Å². The minimum atomic E-state index is -0.966. The van der Waals surface area contributed by atoms with Crippen LogP contribution >= 0.6 is 0 Å². The molecule has 2 aliphatic heterocycles. The summed E-state index contributed by atoms with van der Waals surface area (Å²) in [5.41, 5.74) is 4.82. The Bertz CT molecular complexity index is 1560. The van der Waals surface area contributed by atoms with Gasteiger partial charge in [-0.3, -0.25) is 4.79 Å². The standard InChI is InChI=1S/C31H32F2N6O/c1-20-14-22(7-6-21-8-11-38(12-9-21)13-10-32)15-27(35-20)31(40)37-29(26-16-23-4-2-3-5-25(23)36-26)30-28-17-24(33)18-39(28)19-34-30/h2-5,14-16,19,21,24,29,36H,8-13,17-18H2,1H3,(H,37,40)/t24-,29?/m1/s1. The SMILES string of the molecule is Cc1cc(C#CC2CCN(CCF)CC2)cc(C(=O)NC(c2cc3ccccc3[nH]2)c2ncn3c2C[C@@H](F)C3)n1. The molecule has 1 unspecified atom stereocenters. The molecule has 7 nitrogen and oxygen atoms in total. The summed E-state index contributed by atoms with van der Waals surface area (Å²) in [5, 5.41) is 4.13. The molecule has 0 radical (unpaired) electrons. The second kappa shape index (κ2) is 11.2. The van der Waals surface area contributed by atoms with Crippen molar-refractivity contribution in [3.05, 3.63) is 82.8 Å². The Morgan fingerprint density at radius 2 is 2.05 bits per heavy atom. The van der Waals surface area contributed by atoms with Crippen molar-refractivity contribution in [2.24, 2.45) is 5.92 Å². The van der Waals surface area contributed by atoms with Gasteiger partial charge in [0, 0.05) is 47.0 Å². The summed E-state index contributed by atoms with van der Waals surface area (Å²) in [4.78, 5) is 28.3. The van der Waals surface area contributed by atoms with E-state index in [4.69, 9.17) is 0 Å². The van der Waals surface area contributed by atoms with Crippen LogP contribution in [0.25, 0.3) is 10.9 Å². The third-order valence-electron chi connectivity index (χ3n) is 7.79. The predicted molar refractivity (Wildman–Crippen MR) is 149 cm³/mol. The van der Waals surface area contributed by atoms with Crippen LogP contribution in [0.4, 0.5) is 8.78 Å². The van der Waals surface area contributed by atoms with E-state index in [1.54, 1.807) is 12.4 Å². The number of pyridine rings is 1. The molecule has 5 heterocycles. The number of likely N-dealkylation sites (tertiary alicyclic amines) is 1. The molecule has 6 rings (SSSR count). The predicted octanol–water partition coefficient (Wildman–Crippen LogP) is 4.51. The number of amides is 1. The maximum Gasteiger partial charge on any atom is 0.270 e. The lowest BCUT2D eigenvalue weighted by atomic mass is 9.97. The number of fused-ring (bicyclic) bond motifs is 2. The molecule has 9 heteroatoms. The van der Waals surface area contributed by atoms with Gasteiger partial charge in [-0.1, -0.05) is 30.0 Å². The number of aromatic nitrogens is 4. The van der Waals surface area contributed by atoms with Crippen molar-refractivity contribution in [2.45, 2.75) is 44.9 Å². The van der Waals surface area contributed by atoms with Crippen LogP contribution in [0.15, 0.2) is 48.8 Å². The summed E-state index contributed by atoms with van der Waals surface area (Å²) in [6, 6.07) is 12.9. The van der Waals surface area contributed by atoms with Gasteiger partial charge in [0.2, 0.25) is 0 Å². The zero-order chi connectivity index (χ0) is 27.6. The van der Waals surface area contributed by atoms with Crippen molar-refractivity contribution in [2.75, 3.05) is 26.3 Å². The number of aromatic amines is 1. The van der Waals surface area contributed by atoms with E-state index in [0.29, 0.717) is 17.9 Å². The topological polar surface area (TPSA) is 78.8 Å². The number of H-pyrrole nitrogens is 1. The number of nitrogens with zero attached hydrogens (tertiary/aromatic N) is 4. The molecular formula is C31H32F2N6O. The molecule has 0 saturated carbocycles. The van der Waals surface area contributed by atoms with E-state index in [2.05, 4.69) is 37.0 Å². The lowest BCUT2D eigenvalue weighted by Crippen LogP contribution is -2.34. The van der Waals surface area contributed by atoms with Gasteiger partial charge in [0.1, 0.15) is 24.6 Å². The van der Waals surface area contributed by atoms with Crippen molar-refractivity contribution in [1.82, 2.24) is 29.7 Å². The number of hydrogen-bond acceptors (Lipinski definition) is 4. The monoisotopic (exact) mass is 542 g/mol. The first-order chi connectivity index (χ1) is 19.5. The first-order valence-electron chi connectivity index (χ1n) is 13.8. The first-order valence-corrected chi connectivity index (χ1v) is 13.8. The van der Waals surface area contributed by atoms with Crippen LogP contribution in [0.2, 0.25) is 0 Å². The molecule has 1 amide bonds. The number of piperidine rings is 1. The number of carbonyl (C=O) groups excluding carboxylic acids is 1. The number of alkyl halides is 2. The Morgan fingerprint density at radius 3 is 2.85 bits per heavy atom. The number of halogens is 2. The van der Waals surface area contributed by atoms with Crippen LogP contribution in [-0.2, 0) is 13.0 Å². The molecule has 1 fully saturated rings. The average molecular weight is 543 g/mol. The summed E-state index contributed by atoms with van der Waals surface area (Å²) < 4.78 is 28.7. The Morgan fingerprint density at radius 1 is 1.23 bits per heavy atom. The van der Waals surface area contributed by atoms with Gasteiger partial charge in [0.05, 0.1) is 18.6 Å². The number of hydrogen-bond donors (Lipinski definition) is 2. The Kier molecular flexibility index (Phi) is 7.35. The van der Waals surface area contributed by atoms with Crippen LogP contribution in [-0.4, -0.2) is 62.8 Å². The molecule has 0 spiro atoms. The number of carbonyl (C=O) groups is 1. The van der Waals surface area contributed by atoms with Crippen LogP contribution in [0.5, 0.6) is 0 Å². The van der Waals surface area contributed by atoms with Gasteiger partial charge < -0.3 is 19.8 Å². The second-order valence-corrected chi connectivity index (χ2v) is 10.7. The fourth-order valence-corrected chi connectivity index (χ4v) is 5.74. The molecule has 4 aromatic rings. The number of rotatable bonds is 6. The number of para-hydroxylation sites is 1. The summed E-state index contributed by atoms with van der Waals surface area (Å²) in [5.74, 6) is 6.48. The molecule has 40 heavy (non-hydrogen) atoms. The number of aryl methyl sites for hydroxylation is 1. The summed E-state index contributed by atoms with van der Waals surface area (Å²) >= 11 is 0. The lowest BCUT2D eigenvalue weighted by Gasteiger charge is -2.28. The van der Waals surface area contributed by atoms with E-state index < -0.39 is 12.2 Å². The van der Waals surface area contributed by atoms with Gasteiger partial charge in [-0.2, -0.15) is 0 Å². The van der Waals surface area contributed by atoms with Crippen LogP contribution in [0.1, 0.15) is 57.7 Å². The van der Waals surface area contributed by atoms with Crippen molar-refractivity contribution in [3.63, 3.8) is 0 Å². The molecule has 0 bridgehead atoms. The molecule has 2 aliphatic rings. The maximum atomic E-state index is 14.3. The van der Waals surface area contributed by atoms with Gasteiger partial charge >= 0.3 is 0 Å². The van der Waals surface area contributed by atoms with Crippen LogP contribution < -0.4 is 5.32 Å². The Labute approximate surface area is 232 Å². The lowest BCUT2D eigenvalue weighted by molar-refractivity contribution is 0.0936. The highest BCUT2D eigenvalue weighted by molar-refractivity contribution is 5.93. The third-order valence-corrected chi connectivity index (χ3v) is 7.79. The molecule has 0 aliphatic carbocycles. The normalized spacial score (nSPS) is 18.3. The van der Waals surface area contributed by atoms with Crippen LogP contribution in [0, 0.1) is 24.7 Å². The molecule has 206 valence electrons. The third kappa shape index (κ3) is 5.50. The molecule has 1 saturated heterocycles. The smallest absolute Gasteiger partial charge is 0.270 e. The minimum absolute atomic E-state index is 0.246. The zero-order valence-corrected chi connectivity index (χ0v) is 22.5. The van der Waals surface area contributed by atoms with Gasteiger partial charge in [-0.05, 0) is 62.5 Å². The Balaban J connectivity index is 1.26. The molecule has 3 aromatic heterocycles. The average Bonchev–Trinajstić information content (AvgIpc) is 3.65. The van der Waals surface area contributed by atoms with Crippen molar-refractivity contribution >= 4 is 16.8 Å². The Hall–Kier alpha value is -4.03. The largest absolute Gasteiger partial charge is 0.356 e. The molecule has 2 N–H and O–H groups in total. The van der Waals surface area contributed by atoms with Gasteiger partial charge in [0.25, 0.3) is 5.91 Å². The number of benzene rings is 1. The van der Waals surface area contributed by atoms with E-state index in [-0.39, 0.29) is 37.2 Å². The van der Waals surface area contributed by atoms with E-state index in [0.717, 1.165) is 53.8 Å². The van der Waals surface area contributed by atoms with Crippen molar-refractivity contribution < 1.29 is 13.6 Å². The van der Waals surface area contributed by atoms with E-state index >= 15 is 0 Å². The molecular weight excluding hydrogens is 510 g/mol. The maximum absolute atomic E-state index is 14.3. The van der Waals surface area contributed by atoms with E-state index in [9.17, 15) is 13.6 Å². The highest BCUT2D eigenvalue weighted by Gasteiger charge is 2.31. The summed E-state index contributed by atoms with van der Waals surface area (Å²) in [6.45, 7) is 3.98. The van der Waals surface area contributed by atoms with Gasteiger partial charge in [0.15, 0.2) is 0 Å². The van der Waals surface area contributed by atoms with Crippen molar-refractivity contribution in [3.8, 4) is 11.8 Å². The fourth-order valence-electron chi connectivity index (χ4n) is 5.74. The highest BCUT2D eigenvalue weighted by atomic mass is 19.1. The van der Waals surface area contributed by atoms with Crippen LogP contribution in [0.3, 0.4) is 0 Å². The fraction of sp³-hybridized carbons (Fsp3) is 0.387. The molecule has 2 atom stereocenters. The van der Waals surface area contributed by atoms with Crippen molar-refractivity contribution in [1.29, 1.82) is 0 Å². The number of nitrogens with one attached hydrogen (secondary N) is 2. The summed E-state index contributed by atoms with van der Waals surface area (Å²) in [6.07, 6.45) is 2.76. The zero-order valence-electron chi connectivity index (χ0n) is 22.5. The van der Waals surface area contributed by atoms with E-state index in [1.165, 1.54) is 0 Å². The first kappa shape index (κ1) is 26.2. The van der Waals surface area contributed by atoms with Gasteiger partial charge in [-0.25, -0.2) is 18.7 Å². The quantitative estimate of drug-likeness (QED) is 0.352. The second-order valence-electron chi connectivity index (χ2n) is 10.7. The summed E-state index contributed by atoms with van der Waals surface area (Å²) in [7, 11) is 0. The minimum Gasteiger partial charge on any atom is -0.356 e. The van der Waals surface area contributed by atoms with E-state index in [1.807, 2.05) is 47.9 Å². The highest BCUT2D eigenvalue weighted by Crippen LogP contribution is 2.31. The number of imidazole rings is 1.